The van der Waals surface area contributed by atoms with Crippen molar-refractivity contribution in [2.24, 2.45) is 5.92 Å². The summed E-state index contributed by atoms with van der Waals surface area (Å²) < 4.78 is 0. The zero-order valence-corrected chi connectivity index (χ0v) is 15.5. The highest BCUT2D eigenvalue weighted by atomic mass is 16.3. The third kappa shape index (κ3) is 2.66. The van der Waals surface area contributed by atoms with Gasteiger partial charge in [-0.1, -0.05) is 36.4 Å². The van der Waals surface area contributed by atoms with Crippen LogP contribution >= 0.6 is 0 Å². The third-order valence-electron chi connectivity index (χ3n) is 5.98. The van der Waals surface area contributed by atoms with Crippen LogP contribution in [0.2, 0.25) is 0 Å². The number of aromatic nitrogens is 1. The van der Waals surface area contributed by atoms with Crippen LogP contribution in [0, 0.1) is 5.92 Å². The number of hydrogen-bond donors (Lipinski definition) is 2. The van der Waals surface area contributed by atoms with Crippen LogP contribution in [0.25, 0.3) is 10.9 Å². The number of Topliss-reactive ketones (excluding diaryl/α,β-unsaturated/α-hetero) is 1. The number of para-hydroxylation sites is 2. The molecule has 0 bridgehead atoms. The van der Waals surface area contributed by atoms with E-state index in [1.165, 1.54) is 0 Å². The summed E-state index contributed by atoms with van der Waals surface area (Å²) in [6, 6.07) is 15.4. The molecule has 1 aliphatic carbocycles. The standard InChI is InChI=1S/C23H22N2O3/c26-21(15-9-10-15)13-23(28)18-6-2-4-8-20(18)25(22(23)27)12-11-16-14-24-19-7-3-1-5-17(16)19/h1-8,14-15,24,28H,9-13H2. The summed E-state index contributed by atoms with van der Waals surface area (Å²) in [5.74, 6) is -0.379. The molecule has 5 nitrogen and oxygen atoms in total. The molecule has 0 radical (unpaired) electrons. The average Bonchev–Trinajstić information content (AvgIpc) is 3.45. The summed E-state index contributed by atoms with van der Waals surface area (Å²) in [6.45, 7) is 0.456. The molecular weight excluding hydrogens is 352 g/mol. The molecule has 5 rings (SSSR count). The summed E-state index contributed by atoms with van der Waals surface area (Å²) in [5.41, 5.74) is 1.71. The molecule has 3 aromatic rings. The van der Waals surface area contributed by atoms with E-state index in [0.29, 0.717) is 24.2 Å². The van der Waals surface area contributed by atoms with E-state index in [1.54, 1.807) is 11.0 Å². The lowest BCUT2D eigenvalue weighted by Crippen LogP contribution is -2.42. The van der Waals surface area contributed by atoms with Gasteiger partial charge in [0.2, 0.25) is 0 Å². The lowest BCUT2D eigenvalue weighted by Gasteiger charge is -2.22. The number of rotatable bonds is 6. The Morgan fingerprint density at radius 1 is 1.14 bits per heavy atom. The maximum Gasteiger partial charge on any atom is 0.264 e. The highest BCUT2D eigenvalue weighted by molar-refractivity contribution is 6.09. The summed E-state index contributed by atoms with van der Waals surface area (Å²) in [6.07, 6.45) is 4.25. The number of carbonyl (C=O) groups is 2. The van der Waals surface area contributed by atoms with Crippen molar-refractivity contribution in [2.75, 3.05) is 11.4 Å². The minimum absolute atomic E-state index is 0.0101. The van der Waals surface area contributed by atoms with E-state index in [-0.39, 0.29) is 24.0 Å². The van der Waals surface area contributed by atoms with Crippen molar-refractivity contribution in [3.05, 3.63) is 65.9 Å². The topological polar surface area (TPSA) is 73.4 Å². The van der Waals surface area contributed by atoms with Gasteiger partial charge >= 0.3 is 0 Å². The first-order valence-electron chi connectivity index (χ1n) is 9.79. The SMILES string of the molecule is O=C(CC1(O)C(=O)N(CCc2c[nH]c3ccccc23)c2ccccc21)C1CC1. The van der Waals surface area contributed by atoms with Crippen molar-refractivity contribution in [3.8, 4) is 0 Å². The van der Waals surface area contributed by atoms with Crippen LogP contribution in [0.3, 0.4) is 0 Å². The Bertz CT molecular complexity index is 1080. The van der Waals surface area contributed by atoms with Crippen molar-refractivity contribution >= 4 is 28.3 Å². The molecule has 1 aliphatic heterocycles. The Morgan fingerprint density at radius 2 is 1.89 bits per heavy atom. The first-order chi connectivity index (χ1) is 13.6. The Balaban J connectivity index is 1.43. The van der Waals surface area contributed by atoms with E-state index < -0.39 is 5.60 Å². The number of H-pyrrole nitrogens is 1. The highest BCUT2D eigenvalue weighted by Crippen LogP contribution is 2.44. The first kappa shape index (κ1) is 17.2. The van der Waals surface area contributed by atoms with Gasteiger partial charge in [0.1, 0.15) is 5.78 Å². The maximum atomic E-state index is 13.2. The zero-order chi connectivity index (χ0) is 19.3. The quantitative estimate of drug-likeness (QED) is 0.695. The van der Waals surface area contributed by atoms with Gasteiger partial charge in [-0.3, -0.25) is 9.59 Å². The molecule has 2 aromatic carbocycles. The largest absolute Gasteiger partial charge is 0.375 e. The van der Waals surface area contributed by atoms with Crippen LogP contribution < -0.4 is 4.90 Å². The van der Waals surface area contributed by atoms with Crippen LogP contribution in [0.15, 0.2) is 54.7 Å². The van der Waals surface area contributed by atoms with Crippen LogP contribution in [-0.2, 0) is 21.6 Å². The Labute approximate surface area is 163 Å². The predicted octanol–water partition coefficient (Wildman–Crippen LogP) is 3.31. The van der Waals surface area contributed by atoms with Gasteiger partial charge in [-0.15, -0.1) is 0 Å². The van der Waals surface area contributed by atoms with Crippen molar-refractivity contribution in [1.82, 2.24) is 4.98 Å². The summed E-state index contributed by atoms with van der Waals surface area (Å²) in [4.78, 5) is 30.5. The summed E-state index contributed by atoms with van der Waals surface area (Å²) >= 11 is 0. The second-order valence-corrected chi connectivity index (χ2v) is 7.86. The van der Waals surface area contributed by atoms with Crippen LogP contribution in [0.5, 0.6) is 0 Å². The number of aromatic amines is 1. The molecule has 1 saturated carbocycles. The van der Waals surface area contributed by atoms with Gasteiger partial charge in [-0.05, 0) is 37.0 Å². The number of nitrogens with zero attached hydrogens (tertiary/aromatic N) is 1. The molecule has 1 fully saturated rings. The predicted molar refractivity (Wildman–Crippen MR) is 107 cm³/mol. The zero-order valence-electron chi connectivity index (χ0n) is 15.5. The van der Waals surface area contributed by atoms with Crippen LogP contribution in [0.1, 0.15) is 30.4 Å². The molecule has 1 aromatic heterocycles. The molecule has 1 atom stereocenters. The minimum atomic E-state index is -1.74. The number of ketones is 1. The number of aliphatic hydroxyl groups is 1. The second-order valence-electron chi connectivity index (χ2n) is 7.86. The van der Waals surface area contributed by atoms with Crippen molar-refractivity contribution in [2.45, 2.75) is 31.3 Å². The third-order valence-corrected chi connectivity index (χ3v) is 5.98. The molecular formula is C23H22N2O3. The highest BCUT2D eigenvalue weighted by Gasteiger charge is 2.51. The Morgan fingerprint density at radius 3 is 2.71 bits per heavy atom. The number of anilines is 1. The van der Waals surface area contributed by atoms with Crippen molar-refractivity contribution in [1.29, 1.82) is 0 Å². The number of benzene rings is 2. The molecule has 2 N–H and O–H groups in total. The molecule has 1 unspecified atom stereocenters. The summed E-state index contributed by atoms with van der Waals surface area (Å²) in [5, 5.41) is 12.4. The van der Waals surface area contributed by atoms with Gasteiger partial charge in [-0.2, -0.15) is 0 Å². The Hall–Kier alpha value is -2.92. The molecule has 2 aliphatic rings. The number of hydrogen-bond acceptors (Lipinski definition) is 3. The summed E-state index contributed by atoms with van der Waals surface area (Å²) in [7, 11) is 0. The molecule has 5 heteroatoms. The van der Waals surface area contributed by atoms with Crippen molar-refractivity contribution in [3.63, 3.8) is 0 Å². The second kappa shape index (κ2) is 6.31. The van der Waals surface area contributed by atoms with E-state index >= 15 is 0 Å². The van der Waals surface area contributed by atoms with Gasteiger partial charge in [0, 0.05) is 41.5 Å². The molecule has 142 valence electrons. The smallest absolute Gasteiger partial charge is 0.264 e. The normalized spacial score (nSPS) is 21.3. The van der Waals surface area contributed by atoms with E-state index in [1.807, 2.05) is 42.6 Å². The van der Waals surface area contributed by atoms with E-state index in [0.717, 1.165) is 29.3 Å². The molecule has 0 saturated heterocycles. The molecule has 28 heavy (non-hydrogen) atoms. The van der Waals surface area contributed by atoms with Gasteiger partial charge in [0.15, 0.2) is 5.60 Å². The van der Waals surface area contributed by atoms with Gasteiger partial charge in [0.05, 0.1) is 5.69 Å². The molecule has 0 spiro atoms. The fourth-order valence-corrected chi connectivity index (χ4v) is 4.27. The fourth-order valence-electron chi connectivity index (χ4n) is 4.27. The first-order valence-corrected chi connectivity index (χ1v) is 9.79. The molecule has 2 heterocycles. The van der Waals surface area contributed by atoms with E-state index in [9.17, 15) is 14.7 Å². The number of nitrogens with one attached hydrogen (secondary N) is 1. The van der Waals surface area contributed by atoms with Gasteiger partial charge < -0.3 is 15.0 Å². The van der Waals surface area contributed by atoms with Gasteiger partial charge in [0.25, 0.3) is 5.91 Å². The van der Waals surface area contributed by atoms with Crippen LogP contribution in [-0.4, -0.2) is 28.3 Å². The van der Waals surface area contributed by atoms with Crippen molar-refractivity contribution < 1.29 is 14.7 Å². The lowest BCUT2D eigenvalue weighted by molar-refractivity contribution is -0.142. The number of fused-ring (bicyclic) bond motifs is 2. The monoisotopic (exact) mass is 374 g/mol. The van der Waals surface area contributed by atoms with E-state index in [2.05, 4.69) is 11.1 Å². The van der Waals surface area contributed by atoms with Gasteiger partial charge in [-0.25, -0.2) is 0 Å². The average molecular weight is 374 g/mol. The number of carbonyl (C=O) groups excluding carboxylic acids is 2. The minimum Gasteiger partial charge on any atom is -0.375 e. The maximum absolute atomic E-state index is 13.2. The lowest BCUT2D eigenvalue weighted by atomic mass is 9.89. The fraction of sp³-hybridized carbons (Fsp3) is 0.304. The molecule has 1 amide bonds. The number of amides is 1. The Kier molecular flexibility index (Phi) is 3.88. The van der Waals surface area contributed by atoms with Crippen LogP contribution in [0.4, 0.5) is 5.69 Å². The van der Waals surface area contributed by atoms with E-state index in [4.69, 9.17) is 0 Å².